The molecule has 30 heavy (non-hydrogen) atoms. The summed E-state index contributed by atoms with van der Waals surface area (Å²) in [6, 6.07) is 12.9. The van der Waals surface area contributed by atoms with Gasteiger partial charge in [0.15, 0.2) is 0 Å². The number of nitrogens with zero attached hydrogens (tertiary/aromatic N) is 1. The van der Waals surface area contributed by atoms with Crippen LogP contribution in [0.2, 0.25) is 5.02 Å². The van der Waals surface area contributed by atoms with Crippen LogP contribution in [0, 0.1) is 5.82 Å². The molecule has 3 rings (SSSR count). The summed E-state index contributed by atoms with van der Waals surface area (Å²) in [5.74, 6) is -0.898. The van der Waals surface area contributed by atoms with Gasteiger partial charge in [0.05, 0.1) is 6.42 Å². The lowest BCUT2D eigenvalue weighted by atomic mass is 9.95. The van der Waals surface area contributed by atoms with Gasteiger partial charge in [-0.2, -0.15) is 0 Å². The predicted octanol–water partition coefficient (Wildman–Crippen LogP) is 4.89. The molecule has 0 bridgehead atoms. The molecule has 0 unspecified atom stereocenters. The number of nitrogens with one attached hydrogen (secondary N) is 1. The number of amides is 2. The van der Waals surface area contributed by atoms with Crippen LogP contribution in [0.4, 0.5) is 4.39 Å². The summed E-state index contributed by atoms with van der Waals surface area (Å²) in [4.78, 5) is 27.6. The Morgan fingerprint density at radius 2 is 1.87 bits per heavy atom. The Morgan fingerprint density at radius 3 is 2.57 bits per heavy atom. The lowest BCUT2D eigenvalue weighted by molar-refractivity contribution is -0.140. The van der Waals surface area contributed by atoms with E-state index in [1.54, 1.807) is 37.3 Å². The van der Waals surface area contributed by atoms with E-state index in [2.05, 4.69) is 5.32 Å². The van der Waals surface area contributed by atoms with Crippen molar-refractivity contribution in [1.82, 2.24) is 10.2 Å². The summed E-state index contributed by atoms with van der Waals surface area (Å²) < 4.78 is 14.1. The summed E-state index contributed by atoms with van der Waals surface area (Å²) in [5.41, 5.74) is 1.14. The molecule has 160 valence electrons. The number of halogens is 2. The molecule has 2 amide bonds. The molecular formula is C24H28ClFN2O2. The molecule has 1 saturated carbocycles. The van der Waals surface area contributed by atoms with Crippen molar-refractivity contribution in [3.8, 4) is 0 Å². The van der Waals surface area contributed by atoms with Crippen molar-refractivity contribution in [3.63, 3.8) is 0 Å². The minimum absolute atomic E-state index is 0.103. The van der Waals surface area contributed by atoms with Crippen LogP contribution in [0.3, 0.4) is 0 Å². The summed E-state index contributed by atoms with van der Waals surface area (Å²) in [6.07, 6.45) is 5.25. The van der Waals surface area contributed by atoms with Gasteiger partial charge in [-0.05, 0) is 49.1 Å². The lowest BCUT2D eigenvalue weighted by Gasteiger charge is -2.31. The summed E-state index contributed by atoms with van der Waals surface area (Å²) in [5, 5.41) is 3.66. The van der Waals surface area contributed by atoms with Gasteiger partial charge in [0.2, 0.25) is 11.8 Å². The Balaban J connectivity index is 1.77. The van der Waals surface area contributed by atoms with Gasteiger partial charge in [-0.15, -0.1) is 0 Å². The third kappa shape index (κ3) is 6.05. The first-order chi connectivity index (χ1) is 14.4. The van der Waals surface area contributed by atoms with Crippen molar-refractivity contribution >= 4 is 23.4 Å². The smallest absolute Gasteiger partial charge is 0.242 e. The van der Waals surface area contributed by atoms with E-state index in [4.69, 9.17) is 11.6 Å². The minimum atomic E-state index is -0.676. The molecule has 0 aliphatic heterocycles. The third-order valence-corrected chi connectivity index (χ3v) is 5.90. The molecule has 1 aliphatic rings. The molecular weight excluding hydrogens is 403 g/mol. The number of hydrogen-bond donors (Lipinski definition) is 1. The van der Waals surface area contributed by atoms with Gasteiger partial charge in [-0.3, -0.25) is 9.59 Å². The normalized spacial score (nSPS) is 15.4. The molecule has 1 atom stereocenters. The van der Waals surface area contributed by atoms with E-state index < -0.39 is 11.9 Å². The third-order valence-electron chi connectivity index (χ3n) is 5.66. The number of carbonyl (C=O) groups excluding carboxylic acids is 2. The van der Waals surface area contributed by atoms with Crippen molar-refractivity contribution in [2.45, 2.75) is 64.1 Å². The van der Waals surface area contributed by atoms with Crippen LogP contribution in [0.1, 0.15) is 50.2 Å². The molecule has 2 aromatic rings. The van der Waals surface area contributed by atoms with Gasteiger partial charge < -0.3 is 10.2 Å². The van der Waals surface area contributed by atoms with E-state index in [1.165, 1.54) is 17.4 Å². The monoisotopic (exact) mass is 430 g/mol. The Bertz CT molecular complexity index is 883. The van der Waals surface area contributed by atoms with Crippen LogP contribution >= 0.6 is 11.6 Å². The van der Waals surface area contributed by atoms with Crippen molar-refractivity contribution in [1.29, 1.82) is 0 Å². The van der Waals surface area contributed by atoms with Gasteiger partial charge in [0, 0.05) is 17.6 Å². The largest absolute Gasteiger partial charge is 0.352 e. The van der Waals surface area contributed by atoms with Gasteiger partial charge in [-0.1, -0.05) is 61.2 Å². The molecule has 0 heterocycles. The van der Waals surface area contributed by atoms with Crippen LogP contribution in [-0.4, -0.2) is 28.8 Å². The Morgan fingerprint density at radius 1 is 1.13 bits per heavy atom. The highest BCUT2D eigenvalue weighted by Gasteiger charge is 2.28. The number of carbonyl (C=O) groups is 2. The van der Waals surface area contributed by atoms with E-state index in [0.29, 0.717) is 10.6 Å². The fraction of sp³-hybridized carbons (Fsp3) is 0.417. The molecule has 4 nitrogen and oxygen atoms in total. The Hall–Kier alpha value is -2.40. The van der Waals surface area contributed by atoms with E-state index in [-0.39, 0.29) is 30.8 Å². The van der Waals surface area contributed by atoms with Crippen LogP contribution in [-0.2, 0) is 22.6 Å². The average Bonchev–Trinajstić information content (AvgIpc) is 2.74. The quantitative estimate of drug-likeness (QED) is 0.680. The van der Waals surface area contributed by atoms with Gasteiger partial charge in [-0.25, -0.2) is 4.39 Å². The zero-order valence-corrected chi connectivity index (χ0v) is 18.0. The summed E-state index contributed by atoms with van der Waals surface area (Å²) in [7, 11) is 0. The number of benzene rings is 2. The second-order valence-corrected chi connectivity index (χ2v) is 8.38. The molecule has 0 spiro atoms. The second-order valence-electron chi connectivity index (χ2n) is 7.94. The first-order valence-corrected chi connectivity index (χ1v) is 10.9. The fourth-order valence-corrected chi connectivity index (χ4v) is 4.10. The Labute approximate surface area is 182 Å². The van der Waals surface area contributed by atoms with Crippen molar-refractivity contribution in [2.75, 3.05) is 0 Å². The first-order valence-electron chi connectivity index (χ1n) is 10.5. The molecule has 0 aromatic heterocycles. The summed E-state index contributed by atoms with van der Waals surface area (Å²) in [6.45, 7) is 1.95. The zero-order chi connectivity index (χ0) is 21.5. The fourth-order valence-electron chi connectivity index (χ4n) is 3.89. The highest BCUT2D eigenvalue weighted by Crippen LogP contribution is 2.19. The molecule has 0 radical (unpaired) electrons. The molecule has 2 aromatic carbocycles. The number of hydrogen-bond acceptors (Lipinski definition) is 2. The topological polar surface area (TPSA) is 49.4 Å². The standard InChI is InChI=1S/C24H28ClFN2O2/c1-17(24(30)27-21-11-3-2-4-12-21)28(16-18-8-7-10-20(25)14-18)23(29)15-19-9-5-6-13-22(19)26/h5-10,13-14,17,21H,2-4,11-12,15-16H2,1H3,(H,27,30)/t17-/m1/s1. The summed E-state index contributed by atoms with van der Waals surface area (Å²) >= 11 is 6.10. The SMILES string of the molecule is C[C@H](C(=O)NC1CCCCC1)N(Cc1cccc(Cl)c1)C(=O)Cc1ccccc1F. The maximum absolute atomic E-state index is 14.1. The van der Waals surface area contributed by atoms with Gasteiger partial charge >= 0.3 is 0 Å². The van der Waals surface area contributed by atoms with E-state index in [9.17, 15) is 14.0 Å². The second kappa shape index (κ2) is 10.6. The molecule has 6 heteroatoms. The van der Waals surface area contributed by atoms with E-state index in [0.717, 1.165) is 31.2 Å². The minimum Gasteiger partial charge on any atom is -0.352 e. The first kappa shape index (κ1) is 22.3. The van der Waals surface area contributed by atoms with E-state index >= 15 is 0 Å². The molecule has 0 saturated heterocycles. The molecule has 1 N–H and O–H groups in total. The molecule has 1 fully saturated rings. The van der Waals surface area contributed by atoms with Gasteiger partial charge in [0.1, 0.15) is 11.9 Å². The molecule has 1 aliphatic carbocycles. The zero-order valence-electron chi connectivity index (χ0n) is 17.2. The lowest BCUT2D eigenvalue weighted by Crippen LogP contribution is -2.50. The van der Waals surface area contributed by atoms with Crippen LogP contribution in [0.5, 0.6) is 0 Å². The maximum atomic E-state index is 14.1. The van der Waals surface area contributed by atoms with Crippen molar-refractivity contribution < 1.29 is 14.0 Å². The Kier molecular flexibility index (Phi) is 7.86. The number of rotatable bonds is 7. The van der Waals surface area contributed by atoms with Crippen LogP contribution in [0.25, 0.3) is 0 Å². The van der Waals surface area contributed by atoms with Gasteiger partial charge in [0.25, 0.3) is 0 Å². The van der Waals surface area contributed by atoms with Crippen LogP contribution in [0.15, 0.2) is 48.5 Å². The average molecular weight is 431 g/mol. The van der Waals surface area contributed by atoms with Crippen molar-refractivity contribution in [2.24, 2.45) is 0 Å². The highest BCUT2D eigenvalue weighted by molar-refractivity contribution is 6.30. The highest BCUT2D eigenvalue weighted by atomic mass is 35.5. The van der Waals surface area contributed by atoms with E-state index in [1.807, 2.05) is 12.1 Å². The van der Waals surface area contributed by atoms with Crippen LogP contribution < -0.4 is 5.32 Å². The maximum Gasteiger partial charge on any atom is 0.242 e. The predicted molar refractivity (Wildman–Crippen MR) is 117 cm³/mol. The van der Waals surface area contributed by atoms with Crippen molar-refractivity contribution in [3.05, 3.63) is 70.5 Å².